The van der Waals surface area contributed by atoms with Gasteiger partial charge in [-0.15, -0.1) is 0 Å². The zero-order valence-corrected chi connectivity index (χ0v) is 18.0. The molecule has 1 N–H and O–H groups in total. The van der Waals surface area contributed by atoms with Crippen LogP contribution in [0.3, 0.4) is 0 Å². The molecule has 1 saturated heterocycles. The lowest BCUT2D eigenvalue weighted by Crippen LogP contribution is -2.36. The zero-order chi connectivity index (χ0) is 22.3. The van der Waals surface area contributed by atoms with Gasteiger partial charge in [-0.2, -0.15) is 0 Å². The van der Waals surface area contributed by atoms with E-state index in [1.54, 1.807) is 55.1 Å². The van der Waals surface area contributed by atoms with Gasteiger partial charge in [0.15, 0.2) is 0 Å². The van der Waals surface area contributed by atoms with E-state index in [0.717, 1.165) is 33.3 Å². The van der Waals surface area contributed by atoms with Crippen molar-refractivity contribution in [3.05, 3.63) is 69.0 Å². The van der Waals surface area contributed by atoms with Crippen LogP contribution in [0, 0.1) is 6.92 Å². The van der Waals surface area contributed by atoms with Crippen molar-refractivity contribution in [1.29, 1.82) is 0 Å². The highest BCUT2D eigenvalue weighted by Crippen LogP contribution is 2.32. The average molecular weight is 436 g/mol. The topological polar surface area (TPSA) is 93.4 Å². The molecule has 31 heavy (non-hydrogen) atoms. The Morgan fingerprint density at radius 1 is 1.00 bits per heavy atom. The highest BCUT2D eigenvalue weighted by atomic mass is 32.2. The van der Waals surface area contributed by atoms with Crippen molar-refractivity contribution in [2.75, 3.05) is 11.9 Å². The van der Waals surface area contributed by atoms with Crippen molar-refractivity contribution in [3.8, 4) is 0 Å². The summed E-state index contributed by atoms with van der Waals surface area (Å²) in [4.78, 5) is 50.6. The van der Waals surface area contributed by atoms with Gasteiger partial charge >= 0.3 is 5.69 Å². The number of benzene rings is 2. The van der Waals surface area contributed by atoms with E-state index in [1.165, 1.54) is 4.57 Å². The number of nitrogens with one attached hydrogen (secondary N) is 1. The van der Waals surface area contributed by atoms with Gasteiger partial charge in [-0.25, -0.2) is 4.79 Å². The summed E-state index contributed by atoms with van der Waals surface area (Å²) >= 11 is 0.790. The first-order chi connectivity index (χ1) is 14.7. The number of thioether (sulfide) groups is 1. The van der Waals surface area contributed by atoms with Crippen LogP contribution in [0.25, 0.3) is 17.1 Å². The Hall–Kier alpha value is -3.59. The van der Waals surface area contributed by atoms with E-state index in [-0.39, 0.29) is 17.1 Å². The molecule has 4 rings (SSSR count). The molecule has 3 aromatic rings. The molecule has 2 aromatic carbocycles. The summed E-state index contributed by atoms with van der Waals surface area (Å²) in [5, 5.41) is 2.19. The number of aromatic nitrogens is 2. The molecule has 0 unspecified atom stereocenters. The number of anilines is 1. The van der Waals surface area contributed by atoms with Crippen LogP contribution in [0.15, 0.2) is 52.2 Å². The fraction of sp³-hybridized carbons (Fsp3) is 0.182. The molecule has 1 aromatic heterocycles. The van der Waals surface area contributed by atoms with Gasteiger partial charge in [-0.05, 0) is 54.6 Å². The van der Waals surface area contributed by atoms with E-state index in [4.69, 9.17) is 0 Å². The standard InChI is InChI=1S/C22H20N4O4S/c1-13-4-7-15(8-5-13)23-19(27)12-26-20(28)18(31-22(26)30)11-14-6-9-16-17(10-14)25(3)21(29)24(16)2/h4-11H,12H2,1-3H3,(H,23,27)/b18-11+. The van der Waals surface area contributed by atoms with Gasteiger partial charge in [0.2, 0.25) is 5.91 Å². The molecule has 0 atom stereocenters. The van der Waals surface area contributed by atoms with Crippen LogP contribution in [0.5, 0.6) is 0 Å². The van der Waals surface area contributed by atoms with Crippen molar-refractivity contribution in [2.45, 2.75) is 6.92 Å². The molecule has 8 nitrogen and oxygen atoms in total. The molecule has 0 radical (unpaired) electrons. The molecule has 0 aliphatic carbocycles. The van der Waals surface area contributed by atoms with Crippen LogP contribution in [0.1, 0.15) is 11.1 Å². The largest absolute Gasteiger partial charge is 0.328 e. The molecule has 0 spiro atoms. The number of hydrogen-bond donors (Lipinski definition) is 1. The van der Waals surface area contributed by atoms with Crippen molar-refractivity contribution in [1.82, 2.24) is 14.0 Å². The van der Waals surface area contributed by atoms with Crippen LogP contribution in [0.2, 0.25) is 0 Å². The van der Waals surface area contributed by atoms with E-state index < -0.39 is 17.1 Å². The van der Waals surface area contributed by atoms with Crippen LogP contribution < -0.4 is 11.0 Å². The van der Waals surface area contributed by atoms with Crippen LogP contribution in [0.4, 0.5) is 10.5 Å². The number of carbonyl (C=O) groups excluding carboxylic acids is 3. The third kappa shape index (κ3) is 3.91. The molecule has 0 bridgehead atoms. The Morgan fingerprint density at radius 3 is 2.39 bits per heavy atom. The quantitative estimate of drug-likeness (QED) is 0.635. The van der Waals surface area contributed by atoms with Crippen molar-refractivity contribution < 1.29 is 14.4 Å². The highest BCUT2D eigenvalue weighted by molar-refractivity contribution is 8.18. The number of fused-ring (bicyclic) bond motifs is 1. The second-order valence-corrected chi connectivity index (χ2v) is 8.32. The van der Waals surface area contributed by atoms with Crippen molar-refractivity contribution in [3.63, 3.8) is 0 Å². The molecule has 1 aliphatic heterocycles. The minimum Gasteiger partial charge on any atom is -0.325 e. The zero-order valence-electron chi connectivity index (χ0n) is 17.2. The van der Waals surface area contributed by atoms with Gasteiger partial charge in [0.25, 0.3) is 11.1 Å². The monoisotopic (exact) mass is 436 g/mol. The third-order valence-corrected chi connectivity index (χ3v) is 6.01. The number of hydrogen-bond acceptors (Lipinski definition) is 5. The van der Waals surface area contributed by atoms with Crippen LogP contribution in [-0.4, -0.2) is 37.6 Å². The molecule has 2 heterocycles. The van der Waals surface area contributed by atoms with Crippen LogP contribution in [-0.2, 0) is 23.7 Å². The lowest BCUT2D eigenvalue weighted by atomic mass is 10.2. The van der Waals surface area contributed by atoms with E-state index in [0.29, 0.717) is 11.3 Å². The van der Waals surface area contributed by atoms with E-state index in [1.807, 2.05) is 19.1 Å². The van der Waals surface area contributed by atoms with Gasteiger partial charge in [0, 0.05) is 19.8 Å². The van der Waals surface area contributed by atoms with Gasteiger partial charge in [-0.1, -0.05) is 23.8 Å². The Labute approximate surface area is 182 Å². The van der Waals surface area contributed by atoms with Crippen LogP contribution >= 0.6 is 11.8 Å². The lowest BCUT2D eigenvalue weighted by molar-refractivity contribution is -0.127. The third-order valence-electron chi connectivity index (χ3n) is 5.10. The molecule has 3 amide bonds. The Kier molecular flexibility index (Phi) is 5.28. The first-order valence-corrected chi connectivity index (χ1v) is 10.3. The summed E-state index contributed by atoms with van der Waals surface area (Å²) in [6, 6.07) is 12.6. The predicted molar refractivity (Wildman–Crippen MR) is 121 cm³/mol. The number of imidazole rings is 1. The van der Waals surface area contributed by atoms with E-state index in [9.17, 15) is 19.2 Å². The first kappa shape index (κ1) is 20.7. The second kappa shape index (κ2) is 7.92. The number of amides is 3. The number of rotatable bonds is 4. The lowest BCUT2D eigenvalue weighted by Gasteiger charge is -2.12. The number of imide groups is 1. The highest BCUT2D eigenvalue weighted by Gasteiger charge is 2.36. The average Bonchev–Trinajstić information content (AvgIpc) is 3.12. The maximum atomic E-state index is 12.7. The van der Waals surface area contributed by atoms with Crippen molar-refractivity contribution in [2.24, 2.45) is 14.1 Å². The number of carbonyl (C=O) groups is 3. The Bertz CT molecular complexity index is 1320. The maximum absolute atomic E-state index is 12.7. The van der Waals surface area contributed by atoms with Crippen molar-refractivity contribution >= 4 is 51.6 Å². The maximum Gasteiger partial charge on any atom is 0.328 e. The second-order valence-electron chi connectivity index (χ2n) is 7.33. The predicted octanol–water partition coefficient (Wildman–Crippen LogP) is 2.86. The molecule has 1 aliphatic rings. The number of aryl methyl sites for hydroxylation is 3. The van der Waals surface area contributed by atoms with E-state index in [2.05, 4.69) is 5.32 Å². The molecular weight excluding hydrogens is 416 g/mol. The molecule has 1 fully saturated rings. The Morgan fingerprint density at radius 2 is 1.68 bits per heavy atom. The summed E-state index contributed by atoms with van der Waals surface area (Å²) in [5.74, 6) is -0.968. The summed E-state index contributed by atoms with van der Waals surface area (Å²) in [7, 11) is 3.37. The fourth-order valence-electron chi connectivity index (χ4n) is 3.38. The summed E-state index contributed by atoms with van der Waals surface area (Å²) in [6.07, 6.45) is 1.60. The SMILES string of the molecule is Cc1ccc(NC(=O)CN2C(=O)S/C(=C/c3ccc4c(c3)n(C)c(=O)n4C)C2=O)cc1. The van der Waals surface area contributed by atoms with Gasteiger partial charge in [0.05, 0.1) is 15.9 Å². The van der Waals surface area contributed by atoms with E-state index >= 15 is 0 Å². The molecule has 9 heteroatoms. The number of nitrogens with zero attached hydrogens (tertiary/aromatic N) is 3. The Balaban J connectivity index is 1.52. The minimum atomic E-state index is -0.517. The van der Waals surface area contributed by atoms with Gasteiger partial charge in [-0.3, -0.25) is 28.4 Å². The van der Waals surface area contributed by atoms with Gasteiger partial charge in [0.1, 0.15) is 6.54 Å². The smallest absolute Gasteiger partial charge is 0.325 e. The molecule has 158 valence electrons. The first-order valence-electron chi connectivity index (χ1n) is 9.52. The summed E-state index contributed by atoms with van der Waals surface area (Å²) < 4.78 is 3.06. The molecular formula is C22H20N4O4S. The summed E-state index contributed by atoms with van der Waals surface area (Å²) in [5.41, 5.74) is 3.68. The van der Waals surface area contributed by atoms with Gasteiger partial charge < -0.3 is 5.32 Å². The normalized spacial score (nSPS) is 15.3. The fourth-order valence-corrected chi connectivity index (χ4v) is 4.22. The molecule has 0 saturated carbocycles. The summed E-state index contributed by atoms with van der Waals surface area (Å²) in [6.45, 7) is 1.58. The minimum absolute atomic E-state index is 0.146.